The molecule has 106 valence electrons. The molecule has 1 aromatic carbocycles. The second-order valence-corrected chi connectivity index (χ2v) is 5.57. The van der Waals surface area contributed by atoms with E-state index in [9.17, 15) is 0 Å². The fourth-order valence-corrected chi connectivity index (χ4v) is 2.76. The lowest BCUT2D eigenvalue weighted by Gasteiger charge is -2.21. The molecule has 0 spiro atoms. The first-order valence-electron chi connectivity index (χ1n) is 6.19. The third-order valence-electron chi connectivity index (χ3n) is 3.17. The van der Waals surface area contributed by atoms with Crippen LogP contribution in [0.15, 0.2) is 24.3 Å². The molecule has 0 unspecified atom stereocenters. The molecule has 6 heteroatoms. The van der Waals surface area contributed by atoms with Crippen molar-refractivity contribution in [3.8, 4) is 0 Å². The third-order valence-corrected chi connectivity index (χ3v) is 3.74. The SMILES string of the molecule is Cc1nn(C)c(N(C)Cc2ccccc2Cl)c1C(N)=S. The van der Waals surface area contributed by atoms with Crippen LogP contribution in [0.25, 0.3) is 0 Å². The highest BCUT2D eigenvalue weighted by Gasteiger charge is 2.19. The summed E-state index contributed by atoms with van der Waals surface area (Å²) in [5, 5.41) is 5.14. The summed E-state index contributed by atoms with van der Waals surface area (Å²) in [6.07, 6.45) is 0. The Morgan fingerprint density at radius 2 is 2.10 bits per heavy atom. The van der Waals surface area contributed by atoms with Crippen LogP contribution in [0, 0.1) is 6.92 Å². The van der Waals surface area contributed by atoms with Crippen LogP contribution in [-0.2, 0) is 13.6 Å². The predicted octanol–water partition coefficient (Wildman–Crippen LogP) is 2.65. The molecule has 20 heavy (non-hydrogen) atoms. The first-order valence-corrected chi connectivity index (χ1v) is 6.98. The highest BCUT2D eigenvalue weighted by molar-refractivity contribution is 7.80. The van der Waals surface area contributed by atoms with Gasteiger partial charge in [0, 0.05) is 25.7 Å². The van der Waals surface area contributed by atoms with Gasteiger partial charge in [-0.15, -0.1) is 0 Å². The summed E-state index contributed by atoms with van der Waals surface area (Å²) in [4.78, 5) is 2.41. The van der Waals surface area contributed by atoms with Crippen molar-refractivity contribution in [3.05, 3.63) is 46.1 Å². The lowest BCUT2D eigenvalue weighted by atomic mass is 10.2. The van der Waals surface area contributed by atoms with Crippen molar-refractivity contribution in [2.24, 2.45) is 12.8 Å². The molecule has 0 atom stereocenters. The van der Waals surface area contributed by atoms with E-state index in [0.717, 1.165) is 27.7 Å². The molecule has 0 aliphatic rings. The Hall–Kier alpha value is -1.59. The first kappa shape index (κ1) is 14.8. The summed E-state index contributed by atoms with van der Waals surface area (Å²) in [7, 11) is 3.86. The fraction of sp³-hybridized carbons (Fsp3) is 0.286. The van der Waals surface area contributed by atoms with E-state index in [1.807, 2.05) is 45.3 Å². The largest absolute Gasteiger partial charge is 0.389 e. The molecular weight excluding hydrogens is 292 g/mol. The van der Waals surface area contributed by atoms with Gasteiger partial charge in [-0.1, -0.05) is 42.0 Å². The zero-order valence-corrected chi connectivity index (χ0v) is 13.3. The summed E-state index contributed by atoms with van der Waals surface area (Å²) in [6, 6.07) is 7.77. The number of aromatic nitrogens is 2. The lowest BCUT2D eigenvalue weighted by Crippen LogP contribution is -2.23. The number of aryl methyl sites for hydroxylation is 2. The van der Waals surface area contributed by atoms with Crippen LogP contribution in [0.4, 0.5) is 5.82 Å². The Kier molecular flexibility index (Phi) is 4.30. The van der Waals surface area contributed by atoms with E-state index < -0.39 is 0 Å². The van der Waals surface area contributed by atoms with Gasteiger partial charge in [-0.3, -0.25) is 4.68 Å². The molecular formula is C14H17ClN4S. The quantitative estimate of drug-likeness (QED) is 0.882. The van der Waals surface area contributed by atoms with E-state index in [1.54, 1.807) is 4.68 Å². The van der Waals surface area contributed by atoms with Crippen molar-refractivity contribution in [3.63, 3.8) is 0 Å². The van der Waals surface area contributed by atoms with E-state index in [2.05, 4.69) is 10.00 Å². The number of thiocarbonyl (C=S) groups is 1. The Morgan fingerprint density at radius 3 is 2.70 bits per heavy atom. The van der Waals surface area contributed by atoms with E-state index in [-0.39, 0.29) is 0 Å². The molecule has 0 saturated heterocycles. The normalized spacial score (nSPS) is 10.6. The average Bonchev–Trinajstić information content (AvgIpc) is 2.67. The number of halogens is 1. The minimum Gasteiger partial charge on any atom is -0.389 e. The molecule has 0 fully saturated rings. The van der Waals surface area contributed by atoms with Gasteiger partial charge in [-0.25, -0.2) is 0 Å². The Morgan fingerprint density at radius 1 is 1.45 bits per heavy atom. The molecule has 0 aliphatic carbocycles. The van der Waals surface area contributed by atoms with Crippen molar-refractivity contribution in [2.75, 3.05) is 11.9 Å². The maximum absolute atomic E-state index is 6.20. The Bertz CT molecular complexity index is 651. The molecule has 0 amide bonds. The van der Waals surface area contributed by atoms with Crippen molar-refractivity contribution in [1.82, 2.24) is 9.78 Å². The molecule has 0 radical (unpaired) electrons. The molecule has 0 bridgehead atoms. The van der Waals surface area contributed by atoms with Gasteiger partial charge >= 0.3 is 0 Å². The zero-order valence-electron chi connectivity index (χ0n) is 11.7. The first-order chi connectivity index (χ1) is 9.41. The summed E-state index contributed by atoms with van der Waals surface area (Å²) >= 11 is 11.3. The van der Waals surface area contributed by atoms with Crippen LogP contribution < -0.4 is 10.6 Å². The van der Waals surface area contributed by atoms with Crippen LogP contribution in [0.3, 0.4) is 0 Å². The maximum atomic E-state index is 6.20. The van der Waals surface area contributed by atoms with Gasteiger partial charge in [0.25, 0.3) is 0 Å². The number of anilines is 1. The van der Waals surface area contributed by atoms with Crippen molar-refractivity contribution >= 4 is 34.6 Å². The number of nitrogens with two attached hydrogens (primary N) is 1. The summed E-state index contributed by atoms with van der Waals surface area (Å²) in [6.45, 7) is 2.57. The van der Waals surface area contributed by atoms with Crippen LogP contribution >= 0.6 is 23.8 Å². The fourth-order valence-electron chi connectivity index (χ4n) is 2.33. The van der Waals surface area contributed by atoms with Crippen molar-refractivity contribution < 1.29 is 0 Å². The molecule has 0 saturated carbocycles. The van der Waals surface area contributed by atoms with Gasteiger partial charge in [0.1, 0.15) is 10.8 Å². The molecule has 2 N–H and O–H groups in total. The van der Waals surface area contributed by atoms with Crippen LogP contribution in [0.5, 0.6) is 0 Å². The number of rotatable bonds is 4. The highest BCUT2D eigenvalue weighted by Crippen LogP contribution is 2.25. The second kappa shape index (κ2) is 5.81. The smallest absolute Gasteiger partial charge is 0.137 e. The van der Waals surface area contributed by atoms with Gasteiger partial charge in [0.2, 0.25) is 0 Å². The molecule has 1 aromatic heterocycles. The standard InChI is InChI=1S/C14H17ClN4S/c1-9-12(13(16)20)14(19(3)17-9)18(2)8-10-6-4-5-7-11(10)15/h4-7H,8H2,1-3H3,(H2,16,20). The molecule has 2 aromatic rings. The van der Waals surface area contributed by atoms with E-state index >= 15 is 0 Å². The van der Waals surface area contributed by atoms with Crippen LogP contribution in [-0.4, -0.2) is 21.8 Å². The Labute approximate surface area is 129 Å². The van der Waals surface area contributed by atoms with Gasteiger partial charge in [0.15, 0.2) is 0 Å². The minimum atomic E-state index is 0.358. The number of hydrogen-bond acceptors (Lipinski definition) is 3. The Balaban J connectivity index is 2.37. The van der Waals surface area contributed by atoms with Crippen molar-refractivity contribution in [2.45, 2.75) is 13.5 Å². The van der Waals surface area contributed by atoms with Crippen LogP contribution in [0.2, 0.25) is 5.02 Å². The van der Waals surface area contributed by atoms with Crippen LogP contribution in [0.1, 0.15) is 16.8 Å². The average molecular weight is 309 g/mol. The lowest BCUT2D eigenvalue weighted by molar-refractivity contribution is 0.726. The number of benzene rings is 1. The predicted molar refractivity (Wildman–Crippen MR) is 87.4 cm³/mol. The molecule has 0 aliphatic heterocycles. The summed E-state index contributed by atoms with van der Waals surface area (Å²) in [5.74, 6) is 0.898. The van der Waals surface area contributed by atoms with Gasteiger partial charge in [-0.05, 0) is 18.6 Å². The topological polar surface area (TPSA) is 47.1 Å². The molecule has 2 rings (SSSR count). The van der Waals surface area contributed by atoms with Gasteiger partial charge in [0.05, 0.1) is 11.3 Å². The number of hydrogen-bond donors (Lipinski definition) is 1. The summed E-state index contributed by atoms with van der Waals surface area (Å²) in [5.41, 5.74) is 8.51. The third kappa shape index (κ3) is 2.78. The second-order valence-electron chi connectivity index (χ2n) is 4.72. The monoisotopic (exact) mass is 308 g/mol. The van der Waals surface area contributed by atoms with E-state index in [0.29, 0.717) is 11.5 Å². The maximum Gasteiger partial charge on any atom is 0.137 e. The molecule has 1 heterocycles. The van der Waals surface area contributed by atoms with E-state index in [4.69, 9.17) is 29.6 Å². The van der Waals surface area contributed by atoms with Crippen molar-refractivity contribution in [1.29, 1.82) is 0 Å². The summed E-state index contributed by atoms with van der Waals surface area (Å²) < 4.78 is 1.79. The van der Waals surface area contributed by atoms with Gasteiger partial charge < -0.3 is 10.6 Å². The van der Waals surface area contributed by atoms with Gasteiger partial charge in [-0.2, -0.15) is 5.10 Å². The zero-order chi connectivity index (χ0) is 14.9. The van der Waals surface area contributed by atoms with E-state index in [1.165, 1.54) is 0 Å². The molecule has 4 nitrogen and oxygen atoms in total. The number of nitrogens with zero attached hydrogens (tertiary/aromatic N) is 3. The minimum absolute atomic E-state index is 0.358. The highest BCUT2D eigenvalue weighted by atomic mass is 35.5.